The van der Waals surface area contributed by atoms with Crippen molar-refractivity contribution in [1.29, 1.82) is 0 Å². The van der Waals surface area contributed by atoms with E-state index in [9.17, 15) is 0 Å². The highest BCUT2D eigenvalue weighted by atomic mass is 19.4. The summed E-state index contributed by atoms with van der Waals surface area (Å²) in [5.74, 6) is 0. The van der Waals surface area contributed by atoms with E-state index in [2.05, 4.69) is 154 Å². The highest BCUT2D eigenvalue weighted by Crippen LogP contribution is 2.45. The molecule has 2 heterocycles. The normalized spacial score (nSPS) is 11.8. The molecule has 0 atom stereocenters. The van der Waals surface area contributed by atoms with E-state index < -0.39 is 11.7 Å². The minimum Gasteiger partial charge on any atom is -0.310 e. The minimum atomic E-state index is -4.61. The Hall–Kier alpha value is -8.81. The molecule has 0 unspecified atom stereocenters. The summed E-state index contributed by atoms with van der Waals surface area (Å²) in [6, 6.07) is 77.4. The molecule has 0 bridgehead atoms. The molecular weight excluding hydrogens is 882 g/mol. The largest absolute Gasteiger partial charge is 0.417 e. The van der Waals surface area contributed by atoms with Crippen LogP contribution in [0.2, 0.25) is 0 Å². The third kappa shape index (κ3) is 7.67. The van der Waals surface area contributed by atoms with Crippen molar-refractivity contribution in [3.8, 4) is 22.5 Å². The second-order valence-electron chi connectivity index (χ2n) is 18.4. The number of aromatic nitrogens is 2. The maximum atomic E-state index is 15.4. The van der Waals surface area contributed by atoms with E-state index >= 15 is 13.2 Å². The Bertz CT molecular complexity index is 3670. The Labute approximate surface area is 410 Å². The Morgan fingerprint density at radius 2 is 0.676 bits per heavy atom. The number of benzene rings is 10. The molecule has 0 spiro atoms. The number of aryl methyl sites for hydroxylation is 3. The maximum Gasteiger partial charge on any atom is 0.417 e. The van der Waals surface area contributed by atoms with Crippen LogP contribution in [0.15, 0.2) is 231 Å². The van der Waals surface area contributed by atoms with Gasteiger partial charge >= 0.3 is 6.18 Å². The average Bonchev–Trinajstić information content (AvgIpc) is 3.88. The molecule has 10 aromatic carbocycles. The van der Waals surface area contributed by atoms with Crippen LogP contribution in [0.4, 0.5) is 47.3 Å². The van der Waals surface area contributed by atoms with Gasteiger partial charge in [0.15, 0.2) is 0 Å². The third-order valence-electron chi connectivity index (χ3n) is 13.7. The fraction of sp³-hybridized carbons (Fsp3) is 0.0625. The van der Waals surface area contributed by atoms with Crippen molar-refractivity contribution in [2.75, 3.05) is 9.80 Å². The van der Waals surface area contributed by atoms with Gasteiger partial charge < -0.3 is 18.9 Å². The summed E-state index contributed by atoms with van der Waals surface area (Å²) in [6.45, 7) is 6.02. The molecule has 0 saturated carbocycles. The molecule has 0 aliphatic carbocycles. The van der Waals surface area contributed by atoms with Crippen LogP contribution in [0.3, 0.4) is 0 Å². The number of fused-ring (bicyclic) bond motifs is 6. The van der Waals surface area contributed by atoms with Crippen LogP contribution in [0.1, 0.15) is 22.3 Å². The van der Waals surface area contributed by atoms with E-state index in [0.29, 0.717) is 11.3 Å². The van der Waals surface area contributed by atoms with E-state index in [0.717, 1.165) is 100 Å². The molecule has 0 radical (unpaired) electrons. The summed E-state index contributed by atoms with van der Waals surface area (Å²) in [5, 5.41) is 4.11. The first-order chi connectivity index (χ1) is 34.6. The van der Waals surface area contributed by atoms with Gasteiger partial charge in [0.1, 0.15) is 0 Å². The highest BCUT2D eigenvalue weighted by Gasteiger charge is 2.35. The predicted molar refractivity (Wildman–Crippen MR) is 289 cm³/mol. The van der Waals surface area contributed by atoms with E-state index in [1.807, 2.05) is 97.9 Å². The summed E-state index contributed by atoms with van der Waals surface area (Å²) in [5.41, 5.74) is 14.0. The zero-order valence-electron chi connectivity index (χ0n) is 39.4. The summed E-state index contributed by atoms with van der Waals surface area (Å²) in [6.07, 6.45) is -4.61. The van der Waals surface area contributed by atoms with Gasteiger partial charge in [0, 0.05) is 67.0 Å². The van der Waals surface area contributed by atoms with Crippen LogP contribution in [-0.4, -0.2) is 9.13 Å². The number of hydrogen-bond donors (Lipinski definition) is 0. The molecule has 0 saturated heterocycles. The Morgan fingerprint density at radius 1 is 0.324 bits per heavy atom. The quantitative estimate of drug-likeness (QED) is 0.143. The van der Waals surface area contributed by atoms with Crippen molar-refractivity contribution >= 4 is 77.7 Å². The van der Waals surface area contributed by atoms with Crippen molar-refractivity contribution in [3.05, 3.63) is 253 Å². The van der Waals surface area contributed by atoms with Crippen LogP contribution < -0.4 is 9.80 Å². The first-order valence-corrected chi connectivity index (χ1v) is 23.8. The lowest BCUT2D eigenvalue weighted by atomic mass is 9.94. The molecule has 0 aliphatic rings. The SMILES string of the molecule is Cc1ccc2c(c1)c1cc(C)ccc1n2-c1ccc(C(F)(F)F)c(-c2cc(-n3c4ccc(N(c5ccccc5)c5ccccc5)cc4c4cc(N(c5ccccc5)c5ccccc5)ccc43)ccc2C)c1. The zero-order chi connectivity index (χ0) is 48.4. The standard InChI is InChI=1S/C64H47F3N4/c1-42-24-32-60-55(36-42)56-37-43(2)25-33-61(56)71(60)52-28-31-59(64(65,66)67)54(39-52)53-38-51(27-26-44(53)3)70-62-34-29-49(68(45-16-8-4-9-17-45)46-18-10-5-11-19-46)40-57(62)58-41-50(30-35-63(58)70)69(47-20-12-6-13-21-47)48-22-14-7-15-23-48/h4-41H,1-3H3. The van der Waals surface area contributed by atoms with Gasteiger partial charge in [0.2, 0.25) is 0 Å². The van der Waals surface area contributed by atoms with Crippen LogP contribution in [0.25, 0.3) is 66.1 Å². The van der Waals surface area contributed by atoms with Gasteiger partial charge in [-0.3, -0.25) is 0 Å². The minimum absolute atomic E-state index is 0.122. The number of hydrogen-bond acceptors (Lipinski definition) is 2. The molecule has 0 N–H and O–H groups in total. The van der Waals surface area contributed by atoms with Gasteiger partial charge in [0.25, 0.3) is 0 Å². The van der Waals surface area contributed by atoms with E-state index in [1.165, 1.54) is 6.07 Å². The second kappa shape index (κ2) is 17.3. The van der Waals surface area contributed by atoms with Gasteiger partial charge in [-0.25, -0.2) is 0 Å². The monoisotopic (exact) mass is 928 g/mol. The van der Waals surface area contributed by atoms with Crippen molar-refractivity contribution < 1.29 is 13.2 Å². The molecule has 344 valence electrons. The number of para-hydroxylation sites is 4. The number of halogens is 3. The van der Waals surface area contributed by atoms with Crippen LogP contribution in [0, 0.1) is 20.8 Å². The summed E-state index contributed by atoms with van der Waals surface area (Å²) in [7, 11) is 0. The van der Waals surface area contributed by atoms with Gasteiger partial charge in [-0.15, -0.1) is 0 Å². The molecule has 2 aromatic heterocycles. The topological polar surface area (TPSA) is 16.3 Å². The summed E-state index contributed by atoms with van der Waals surface area (Å²) in [4.78, 5) is 4.50. The first kappa shape index (κ1) is 43.5. The Kier molecular flexibility index (Phi) is 10.6. The molecular formula is C64H47F3N4. The molecule has 4 nitrogen and oxygen atoms in total. The van der Waals surface area contributed by atoms with Gasteiger partial charge in [0.05, 0.1) is 27.6 Å². The molecule has 12 aromatic rings. The number of anilines is 6. The number of rotatable bonds is 9. The molecule has 12 rings (SSSR count). The van der Waals surface area contributed by atoms with E-state index in [-0.39, 0.29) is 5.56 Å². The summed E-state index contributed by atoms with van der Waals surface area (Å²) < 4.78 is 50.5. The van der Waals surface area contributed by atoms with E-state index in [1.54, 1.807) is 12.1 Å². The van der Waals surface area contributed by atoms with Crippen molar-refractivity contribution in [2.45, 2.75) is 26.9 Å². The second-order valence-corrected chi connectivity index (χ2v) is 18.4. The lowest BCUT2D eigenvalue weighted by molar-refractivity contribution is -0.137. The summed E-state index contributed by atoms with van der Waals surface area (Å²) >= 11 is 0. The fourth-order valence-electron chi connectivity index (χ4n) is 10.5. The lowest BCUT2D eigenvalue weighted by Gasteiger charge is -2.26. The smallest absolute Gasteiger partial charge is 0.310 e. The lowest BCUT2D eigenvalue weighted by Crippen LogP contribution is -2.09. The van der Waals surface area contributed by atoms with Gasteiger partial charge in [-0.2, -0.15) is 13.2 Å². The Morgan fingerprint density at radius 3 is 1.07 bits per heavy atom. The molecule has 0 fully saturated rings. The fourth-order valence-corrected chi connectivity index (χ4v) is 10.5. The average molecular weight is 929 g/mol. The van der Waals surface area contributed by atoms with Crippen LogP contribution in [0.5, 0.6) is 0 Å². The molecule has 0 aliphatic heterocycles. The molecule has 71 heavy (non-hydrogen) atoms. The van der Waals surface area contributed by atoms with Gasteiger partial charge in [-0.05, 0) is 177 Å². The highest BCUT2D eigenvalue weighted by molar-refractivity contribution is 6.13. The third-order valence-corrected chi connectivity index (χ3v) is 13.7. The molecule has 0 amide bonds. The van der Waals surface area contributed by atoms with Crippen molar-refractivity contribution in [1.82, 2.24) is 9.13 Å². The number of alkyl halides is 3. The van der Waals surface area contributed by atoms with Gasteiger partial charge in [-0.1, -0.05) is 102 Å². The van der Waals surface area contributed by atoms with E-state index in [4.69, 9.17) is 0 Å². The maximum absolute atomic E-state index is 15.4. The van der Waals surface area contributed by atoms with Crippen molar-refractivity contribution in [3.63, 3.8) is 0 Å². The van der Waals surface area contributed by atoms with Crippen molar-refractivity contribution in [2.24, 2.45) is 0 Å². The Balaban J connectivity index is 1.09. The van der Waals surface area contributed by atoms with Crippen LogP contribution >= 0.6 is 0 Å². The molecule has 7 heteroatoms. The predicted octanol–water partition coefficient (Wildman–Crippen LogP) is 18.4. The van der Waals surface area contributed by atoms with Crippen LogP contribution in [-0.2, 0) is 6.18 Å². The first-order valence-electron chi connectivity index (χ1n) is 23.8. The number of nitrogens with zero attached hydrogens (tertiary/aromatic N) is 4. The zero-order valence-corrected chi connectivity index (χ0v) is 39.4.